The first-order valence-electron chi connectivity index (χ1n) is 5.91. The van der Waals surface area contributed by atoms with Crippen LogP contribution in [0.25, 0.3) is 0 Å². The summed E-state index contributed by atoms with van der Waals surface area (Å²) >= 11 is 0. The summed E-state index contributed by atoms with van der Waals surface area (Å²) in [4.78, 5) is 32.2. The van der Waals surface area contributed by atoms with Crippen LogP contribution in [0.3, 0.4) is 0 Å². The van der Waals surface area contributed by atoms with E-state index < -0.39 is 67.2 Å². The molecule has 1 aliphatic rings. The van der Waals surface area contributed by atoms with Crippen LogP contribution in [0.2, 0.25) is 0 Å². The third-order valence-corrected chi connectivity index (χ3v) is 3.38. The van der Waals surface area contributed by atoms with Gasteiger partial charge in [0.1, 0.15) is 17.3 Å². The average Bonchev–Trinajstić information content (AvgIpc) is 2.47. The van der Waals surface area contributed by atoms with E-state index in [1.165, 1.54) is 0 Å². The second kappa shape index (κ2) is 5.93. The van der Waals surface area contributed by atoms with Gasteiger partial charge < -0.3 is 35.4 Å². The fraction of sp³-hybridized carbons (Fsp3) is 0.727. The topological polar surface area (TPSA) is 182 Å². The summed E-state index contributed by atoms with van der Waals surface area (Å²) in [6, 6.07) is 0. The molecule has 0 saturated carbocycles. The Kier molecular flexibility index (Phi) is 4.89. The number of ether oxygens (including phenoxy) is 1. The molecule has 0 radical (unpaired) electrons. The molecule has 10 nitrogen and oxygen atoms in total. The monoisotopic (exact) mass is 308 g/mol. The van der Waals surface area contributed by atoms with E-state index in [1.807, 2.05) is 0 Å². The third-order valence-electron chi connectivity index (χ3n) is 3.38. The summed E-state index contributed by atoms with van der Waals surface area (Å²) in [5.41, 5.74) is -5.09. The van der Waals surface area contributed by atoms with Crippen molar-refractivity contribution in [2.45, 2.75) is 42.7 Å². The SMILES string of the molecule is O=C(O)CC(O)[C@H]1OC[C@@](O)(CC(=O)O)[C@@]1(O)CC(=O)O. The van der Waals surface area contributed by atoms with E-state index in [-0.39, 0.29) is 0 Å². The Bertz CT molecular complexity index is 448. The van der Waals surface area contributed by atoms with Gasteiger partial charge in [0.15, 0.2) is 0 Å². The minimum atomic E-state index is -2.63. The summed E-state index contributed by atoms with van der Waals surface area (Å²) < 4.78 is 4.91. The summed E-state index contributed by atoms with van der Waals surface area (Å²) in [6.45, 7) is -0.746. The highest BCUT2D eigenvalue weighted by Gasteiger charge is 2.63. The van der Waals surface area contributed by atoms with Gasteiger partial charge in [-0.15, -0.1) is 0 Å². The molecule has 0 aliphatic carbocycles. The van der Waals surface area contributed by atoms with Gasteiger partial charge in [0.25, 0.3) is 0 Å². The van der Waals surface area contributed by atoms with E-state index >= 15 is 0 Å². The van der Waals surface area contributed by atoms with Crippen molar-refractivity contribution < 1.29 is 49.8 Å². The summed E-state index contributed by atoms with van der Waals surface area (Å²) in [5, 5.41) is 56.5. The Morgan fingerprint density at radius 3 is 2.00 bits per heavy atom. The van der Waals surface area contributed by atoms with Crippen molar-refractivity contribution in [2.75, 3.05) is 6.61 Å². The fourth-order valence-electron chi connectivity index (χ4n) is 2.42. The molecule has 0 aromatic carbocycles. The lowest BCUT2D eigenvalue weighted by Gasteiger charge is -2.38. The zero-order valence-corrected chi connectivity index (χ0v) is 10.8. The maximum atomic E-state index is 10.9. The van der Waals surface area contributed by atoms with E-state index in [2.05, 4.69) is 0 Å². The minimum Gasteiger partial charge on any atom is -0.481 e. The lowest BCUT2D eigenvalue weighted by molar-refractivity contribution is -0.183. The number of carboxylic acid groups (broad SMARTS) is 3. The summed E-state index contributed by atoms with van der Waals surface area (Å²) in [5.74, 6) is -4.52. The molecule has 1 fully saturated rings. The van der Waals surface area contributed by atoms with Crippen LogP contribution in [-0.4, -0.2) is 78.6 Å². The van der Waals surface area contributed by atoms with Gasteiger partial charge in [-0.05, 0) is 0 Å². The van der Waals surface area contributed by atoms with Crippen molar-refractivity contribution >= 4 is 17.9 Å². The molecular formula is C11H16O10. The smallest absolute Gasteiger partial charge is 0.306 e. The molecule has 0 bridgehead atoms. The minimum absolute atomic E-state index is 0.746. The molecule has 1 rings (SSSR count). The van der Waals surface area contributed by atoms with Gasteiger partial charge in [0.2, 0.25) is 0 Å². The van der Waals surface area contributed by atoms with Gasteiger partial charge in [-0.2, -0.15) is 0 Å². The van der Waals surface area contributed by atoms with E-state index in [0.29, 0.717) is 0 Å². The van der Waals surface area contributed by atoms with Crippen LogP contribution in [0.5, 0.6) is 0 Å². The van der Waals surface area contributed by atoms with Gasteiger partial charge in [0, 0.05) is 0 Å². The van der Waals surface area contributed by atoms with Gasteiger partial charge >= 0.3 is 17.9 Å². The standard InChI is InChI=1S/C11H16O10/c12-5(1-6(13)14)9-11(20,3-8(17)18)10(19,4-21-9)2-7(15)16/h5,9,12,19-20H,1-4H2,(H,13,14)(H,15,16)(H,17,18)/t5?,9-,10+,11-/m1/s1. The van der Waals surface area contributed by atoms with E-state index in [1.54, 1.807) is 0 Å². The molecule has 1 aliphatic heterocycles. The number of hydrogen-bond acceptors (Lipinski definition) is 7. The molecule has 10 heteroatoms. The largest absolute Gasteiger partial charge is 0.481 e. The number of aliphatic carboxylic acids is 3. The highest BCUT2D eigenvalue weighted by atomic mass is 16.6. The number of rotatable bonds is 7. The van der Waals surface area contributed by atoms with E-state index in [0.717, 1.165) is 0 Å². The molecule has 120 valence electrons. The van der Waals surface area contributed by atoms with Crippen LogP contribution >= 0.6 is 0 Å². The van der Waals surface area contributed by atoms with E-state index in [9.17, 15) is 29.7 Å². The lowest BCUT2D eigenvalue weighted by Crippen LogP contribution is -2.61. The highest BCUT2D eigenvalue weighted by molar-refractivity contribution is 5.72. The zero-order valence-electron chi connectivity index (χ0n) is 10.8. The molecule has 1 saturated heterocycles. The number of carboxylic acids is 3. The van der Waals surface area contributed by atoms with Crippen LogP contribution in [0, 0.1) is 0 Å². The molecular weight excluding hydrogens is 292 g/mol. The predicted molar refractivity (Wildman–Crippen MR) is 62.4 cm³/mol. The fourth-order valence-corrected chi connectivity index (χ4v) is 2.42. The van der Waals surface area contributed by atoms with Gasteiger partial charge in [-0.25, -0.2) is 0 Å². The Labute approximate surface area is 118 Å². The predicted octanol–water partition coefficient (Wildman–Crippen LogP) is -2.37. The normalized spacial score (nSPS) is 33.6. The van der Waals surface area contributed by atoms with E-state index in [4.69, 9.17) is 20.1 Å². The highest BCUT2D eigenvalue weighted by Crippen LogP contribution is 2.42. The molecule has 0 aromatic rings. The van der Waals surface area contributed by atoms with Crippen LogP contribution in [0.4, 0.5) is 0 Å². The molecule has 1 heterocycles. The Morgan fingerprint density at radius 1 is 1.05 bits per heavy atom. The Hall–Kier alpha value is -1.75. The number of hydrogen-bond donors (Lipinski definition) is 6. The number of aliphatic hydroxyl groups is 3. The molecule has 0 aromatic heterocycles. The molecule has 0 spiro atoms. The lowest BCUT2D eigenvalue weighted by atomic mass is 9.75. The first kappa shape index (κ1) is 17.3. The second-order valence-electron chi connectivity index (χ2n) is 4.99. The van der Waals surface area contributed by atoms with Gasteiger partial charge in [-0.1, -0.05) is 0 Å². The molecule has 4 atom stereocenters. The first-order chi connectivity index (χ1) is 9.52. The first-order valence-corrected chi connectivity index (χ1v) is 5.91. The van der Waals surface area contributed by atoms with Gasteiger partial charge in [-0.3, -0.25) is 14.4 Å². The van der Waals surface area contributed by atoms with Crippen molar-refractivity contribution in [2.24, 2.45) is 0 Å². The average molecular weight is 308 g/mol. The van der Waals surface area contributed by atoms with Crippen molar-refractivity contribution in [3.63, 3.8) is 0 Å². The maximum absolute atomic E-state index is 10.9. The number of carbonyl (C=O) groups is 3. The molecule has 21 heavy (non-hydrogen) atoms. The maximum Gasteiger partial charge on any atom is 0.306 e. The molecule has 6 N–H and O–H groups in total. The van der Waals surface area contributed by atoms with Crippen molar-refractivity contribution in [3.05, 3.63) is 0 Å². The summed E-state index contributed by atoms with van der Waals surface area (Å²) in [7, 11) is 0. The molecule has 0 amide bonds. The zero-order chi connectivity index (χ0) is 16.4. The number of aliphatic hydroxyl groups excluding tert-OH is 1. The van der Waals surface area contributed by atoms with Crippen LogP contribution in [0.1, 0.15) is 19.3 Å². The van der Waals surface area contributed by atoms with Crippen molar-refractivity contribution in [1.82, 2.24) is 0 Å². The van der Waals surface area contributed by atoms with Crippen molar-refractivity contribution in [3.8, 4) is 0 Å². The third kappa shape index (κ3) is 3.47. The molecule has 1 unspecified atom stereocenters. The summed E-state index contributed by atoms with van der Waals surface area (Å²) in [6.07, 6.45) is -6.55. The quantitative estimate of drug-likeness (QED) is 0.297. The van der Waals surface area contributed by atoms with Crippen LogP contribution in [0.15, 0.2) is 0 Å². The van der Waals surface area contributed by atoms with Gasteiger partial charge in [0.05, 0.1) is 32.0 Å². The Balaban J connectivity index is 3.12. The Morgan fingerprint density at radius 2 is 1.57 bits per heavy atom. The second-order valence-corrected chi connectivity index (χ2v) is 4.99. The van der Waals surface area contributed by atoms with Crippen molar-refractivity contribution in [1.29, 1.82) is 0 Å². The van der Waals surface area contributed by atoms with Crippen LogP contribution in [-0.2, 0) is 19.1 Å². The van der Waals surface area contributed by atoms with Crippen LogP contribution < -0.4 is 0 Å².